The van der Waals surface area contributed by atoms with Gasteiger partial charge in [0.05, 0.1) is 0 Å². The summed E-state index contributed by atoms with van der Waals surface area (Å²) in [5, 5.41) is 40.1. The van der Waals surface area contributed by atoms with Gasteiger partial charge in [-0.25, -0.2) is 0 Å². The molecule has 0 amide bonds. The van der Waals surface area contributed by atoms with E-state index in [-0.39, 0.29) is 21.7 Å². The van der Waals surface area contributed by atoms with Gasteiger partial charge in [-0.1, -0.05) is 87.7 Å². The van der Waals surface area contributed by atoms with Gasteiger partial charge in [0.15, 0.2) is 10.9 Å². The molecule has 6 nitrogen and oxygen atoms in total. The first-order chi connectivity index (χ1) is 12.1. The van der Waals surface area contributed by atoms with Crippen LogP contribution >= 0.6 is 0 Å². The van der Waals surface area contributed by atoms with Gasteiger partial charge in [0, 0.05) is 21.7 Å². The van der Waals surface area contributed by atoms with Crippen LogP contribution in [0.3, 0.4) is 0 Å². The summed E-state index contributed by atoms with van der Waals surface area (Å²) in [4.78, 5) is 21.0. The molecular formula is C20H24O6Ti-4. The Morgan fingerprint density at radius 2 is 0.815 bits per heavy atom. The van der Waals surface area contributed by atoms with Crippen molar-refractivity contribution in [1.82, 2.24) is 0 Å². The molecule has 0 atom stereocenters. The van der Waals surface area contributed by atoms with Crippen LogP contribution in [0.15, 0.2) is 70.3 Å². The minimum absolute atomic E-state index is 0. The van der Waals surface area contributed by atoms with Gasteiger partial charge in [0.2, 0.25) is 0 Å². The second-order valence-corrected chi connectivity index (χ2v) is 5.38. The summed E-state index contributed by atoms with van der Waals surface area (Å²) in [5.74, 6) is -0.917. The first-order valence-electron chi connectivity index (χ1n) is 7.92. The van der Waals surface area contributed by atoms with E-state index in [1.165, 1.54) is 24.3 Å². The monoisotopic (exact) mass is 408 g/mol. The number of hydrogen-bond donors (Lipinski definition) is 0. The first-order valence-corrected chi connectivity index (χ1v) is 7.92. The van der Waals surface area contributed by atoms with Crippen molar-refractivity contribution in [1.29, 1.82) is 0 Å². The molecule has 0 unspecified atom stereocenters. The first kappa shape index (κ1) is 29.8. The Morgan fingerprint density at radius 1 is 0.593 bits per heavy atom. The Kier molecular flexibility index (Phi) is 20.7. The smallest absolute Gasteiger partial charge is 0.170 e. The predicted molar refractivity (Wildman–Crippen MR) is 94.6 cm³/mol. The molecule has 0 heterocycles. The Labute approximate surface area is 174 Å². The van der Waals surface area contributed by atoms with Crippen LogP contribution < -0.4 is 31.3 Å². The second-order valence-electron chi connectivity index (χ2n) is 5.38. The van der Waals surface area contributed by atoms with Gasteiger partial charge in [0.1, 0.15) is 0 Å². The summed E-state index contributed by atoms with van der Waals surface area (Å²) in [6.07, 6.45) is -0.833. The SMILES string of the molecule is CC(C)[O-].CC(C)[O-].O=c1cccccc1[O-].O=c1cccccc1[O-].[Ti]. The fourth-order valence-electron chi connectivity index (χ4n) is 1.03. The summed E-state index contributed by atoms with van der Waals surface area (Å²) in [6.45, 7) is 6.44. The molecule has 0 aromatic heterocycles. The fourth-order valence-corrected chi connectivity index (χ4v) is 1.03. The average molecular weight is 408 g/mol. The molecule has 27 heavy (non-hydrogen) atoms. The van der Waals surface area contributed by atoms with Gasteiger partial charge in [-0.15, -0.1) is 12.2 Å². The van der Waals surface area contributed by atoms with E-state index < -0.39 is 34.6 Å². The third-order valence-corrected chi connectivity index (χ3v) is 1.92. The van der Waals surface area contributed by atoms with Crippen molar-refractivity contribution in [2.45, 2.75) is 39.9 Å². The molecule has 2 aromatic carbocycles. The number of hydrogen-bond acceptors (Lipinski definition) is 6. The van der Waals surface area contributed by atoms with Gasteiger partial charge in [0.25, 0.3) is 0 Å². The number of rotatable bonds is 0. The molecular weight excluding hydrogens is 384 g/mol. The maximum atomic E-state index is 10.5. The van der Waals surface area contributed by atoms with Crippen LogP contribution in [-0.4, -0.2) is 12.2 Å². The minimum atomic E-state index is -0.458. The van der Waals surface area contributed by atoms with Crippen LogP contribution in [0.4, 0.5) is 0 Å². The summed E-state index contributed by atoms with van der Waals surface area (Å²) in [6, 6.07) is 14.5. The third kappa shape index (κ3) is 24.0. The molecule has 2 rings (SSSR count). The van der Waals surface area contributed by atoms with Gasteiger partial charge in [-0.2, -0.15) is 0 Å². The van der Waals surface area contributed by atoms with E-state index in [1.54, 1.807) is 64.1 Å². The molecule has 0 aliphatic carbocycles. The molecule has 0 spiro atoms. The van der Waals surface area contributed by atoms with E-state index in [9.17, 15) is 30.0 Å². The van der Waals surface area contributed by atoms with Gasteiger partial charge >= 0.3 is 0 Å². The molecule has 0 N–H and O–H groups in total. The van der Waals surface area contributed by atoms with Crippen LogP contribution in [-0.2, 0) is 21.7 Å². The van der Waals surface area contributed by atoms with Crippen molar-refractivity contribution in [3.05, 3.63) is 81.1 Å². The Bertz CT molecular complexity index is 652. The molecule has 0 aliphatic rings. The zero-order valence-electron chi connectivity index (χ0n) is 15.9. The second kappa shape index (κ2) is 18.8. The van der Waals surface area contributed by atoms with Crippen molar-refractivity contribution < 1.29 is 42.1 Å². The zero-order valence-corrected chi connectivity index (χ0v) is 17.4. The van der Waals surface area contributed by atoms with Crippen LogP contribution in [0.2, 0.25) is 0 Å². The molecule has 0 bridgehead atoms. The van der Waals surface area contributed by atoms with Crippen molar-refractivity contribution >= 4 is 0 Å². The summed E-state index contributed by atoms with van der Waals surface area (Å²) in [7, 11) is 0. The summed E-state index contributed by atoms with van der Waals surface area (Å²) < 4.78 is 0. The van der Waals surface area contributed by atoms with Crippen LogP contribution in [0.5, 0.6) is 11.5 Å². The van der Waals surface area contributed by atoms with Gasteiger partial charge in [-0.05, 0) is 12.1 Å². The van der Waals surface area contributed by atoms with E-state index >= 15 is 0 Å². The third-order valence-electron chi connectivity index (χ3n) is 1.92. The van der Waals surface area contributed by atoms with E-state index in [1.807, 2.05) is 0 Å². The molecule has 0 radical (unpaired) electrons. The maximum absolute atomic E-state index is 10.5. The Hall–Kier alpha value is -1.99. The molecule has 2 aromatic rings. The molecule has 0 saturated carbocycles. The van der Waals surface area contributed by atoms with Crippen molar-refractivity contribution in [3.8, 4) is 11.5 Å². The van der Waals surface area contributed by atoms with Crippen molar-refractivity contribution in [3.63, 3.8) is 0 Å². The normalized spacial score (nSPS) is 8.59. The molecule has 0 fully saturated rings. The average Bonchev–Trinajstić information content (AvgIpc) is 2.81. The minimum Gasteiger partial charge on any atom is -0.870 e. The predicted octanol–water partition coefficient (Wildman–Crippen LogP) is -0.251. The van der Waals surface area contributed by atoms with E-state index in [0.29, 0.717) is 0 Å². The quantitative estimate of drug-likeness (QED) is 0.553. The Balaban J connectivity index is -0.000000303. The Morgan fingerprint density at radius 3 is 1.07 bits per heavy atom. The van der Waals surface area contributed by atoms with Crippen LogP contribution in [0.1, 0.15) is 27.7 Å². The van der Waals surface area contributed by atoms with Crippen LogP contribution in [0, 0.1) is 0 Å². The topological polar surface area (TPSA) is 126 Å². The van der Waals surface area contributed by atoms with Crippen LogP contribution in [0.25, 0.3) is 0 Å². The van der Waals surface area contributed by atoms with E-state index in [4.69, 9.17) is 0 Å². The van der Waals surface area contributed by atoms with Crippen molar-refractivity contribution in [2.75, 3.05) is 0 Å². The summed E-state index contributed by atoms with van der Waals surface area (Å²) >= 11 is 0. The largest absolute Gasteiger partial charge is 0.870 e. The maximum Gasteiger partial charge on any atom is 0.170 e. The zero-order chi connectivity index (χ0) is 20.5. The molecule has 148 valence electrons. The molecule has 7 heteroatoms. The molecule has 0 aliphatic heterocycles. The standard InChI is InChI=1S/2C7H6O2.2C3H7O.Ti/c2*8-6-4-2-1-3-5-7(6)9;2*1-3(2)4;/h2*1-5H,(H,8,9);2*3H,1-2H3;/q;;2*-1;/p-2. The van der Waals surface area contributed by atoms with Crippen molar-refractivity contribution in [2.24, 2.45) is 0 Å². The molecule has 0 saturated heterocycles. The van der Waals surface area contributed by atoms with E-state index in [0.717, 1.165) is 0 Å². The van der Waals surface area contributed by atoms with E-state index in [2.05, 4.69) is 0 Å². The van der Waals surface area contributed by atoms with Gasteiger partial charge < -0.3 is 20.4 Å². The van der Waals surface area contributed by atoms with Gasteiger partial charge in [-0.3, -0.25) is 9.59 Å². The fraction of sp³-hybridized carbons (Fsp3) is 0.300. The summed E-state index contributed by atoms with van der Waals surface area (Å²) in [5.41, 5.74) is -0.917.